The third-order valence-electron chi connectivity index (χ3n) is 6.61. The maximum absolute atomic E-state index is 13.0. The number of hydrogen-bond acceptors (Lipinski definition) is 4. The fraction of sp³-hybridized carbons (Fsp3) is 0.241. The molecule has 3 N–H and O–H groups in total. The predicted molar refractivity (Wildman–Crippen MR) is 145 cm³/mol. The molecule has 3 aromatic rings. The van der Waals surface area contributed by atoms with Crippen molar-refractivity contribution in [3.63, 3.8) is 0 Å². The van der Waals surface area contributed by atoms with Crippen LogP contribution in [-0.4, -0.2) is 36.7 Å². The zero-order chi connectivity index (χ0) is 26.6. The van der Waals surface area contributed by atoms with E-state index in [-0.39, 0.29) is 37.3 Å². The average molecular weight is 537 g/mol. The average Bonchev–Trinajstić information content (AvgIpc) is 3.15. The van der Waals surface area contributed by atoms with Crippen LogP contribution in [0.3, 0.4) is 0 Å². The van der Waals surface area contributed by atoms with Crippen molar-refractivity contribution in [1.29, 1.82) is 0 Å². The van der Waals surface area contributed by atoms with E-state index in [1.54, 1.807) is 18.2 Å². The van der Waals surface area contributed by atoms with Gasteiger partial charge in [-0.3, -0.25) is 9.59 Å². The highest BCUT2D eigenvalue weighted by atomic mass is 35.5. The van der Waals surface area contributed by atoms with Crippen LogP contribution in [0.25, 0.3) is 0 Å². The number of fused-ring (bicyclic) bond motifs is 2. The summed E-state index contributed by atoms with van der Waals surface area (Å²) in [4.78, 5) is 25.0. The first-order valence-corrected chi connectivity index (χ1v) is 12.5. The molecule has 0 radical (unpaired) electrons. The zero-order valence-electron chi connectivity index (χ0n) is 20.2. The number of aliphatic hydroxyl groups is 1. The number of halogens is 2. The fourth-order valence-corrected chi connectivity index (χ4v) is 5.23. The van der Waals surface area contributed by atoms with Crippen LogP contribution in [0.2, 0.25) is 10.0 Å². The van der Waals surface area contributed by atoms with Crippen LogP contribution in [0.15, 0.2) is 60.7 Å². The van der Waals surface area contributed by atoms with Crippen LogP contribution in [0.4, 0.5) is 5.69 Å². The summed E-state index contributed by atoms with van der Waals surface area (Å²) in [5.74, 6) is 2.84. The maximum atomic E-state index is 13.0. The number of amides is 2. The summed E-state index contributed by atoms with van der Waals surface area (Å²) < 4.78 is 5.27. The molecule has 0 bridgehead atoms. The Balaban J connectivity index is 0.000000209. The molecule has 8 heteroatoms. The molecular formula is C29H26Cl2N2O4. The lowest BCUT2D eigenvalue weighted by Gasteiger charge is -2.40. The topological polar surface area (TPSA) is 87.7 Å². The highest BCUT2D eigenvalue weighted by Crippen LogP contribution is 2.50. The molecule has 0 unspecified atom stereocenters. The number of nitrogens with one attached hydrogen (secondary N) is 2. The smallest absolute Gasteiger partial charge is 0.237 e. The fourth-order valence-electron chi connectivity index (χ4n) is 4.86. The molecule has 3 aromatic carbocycles. The monoisotopic (exact) mass is 536 g/mol. The molecule has 2 aliphatic heterocycles. The minimum atomic E-state index is -0.849. The van der Waals surface area contributed by atoms with E-state index in [9.17, 15) is 9.59 Å². The summed E-state index contributed by atoms with van der Waals surface area (Å²) in [6.07, 6.45) is 5.47. The Hall–Kier alpha value is -3.50. The van der Waals surface area contributed by atoms with Crippen molar-refractivity contribution in [2.75, 3.05) is 25.1 Å². The maximum Gasteiger partial charge on any atom is 0.237 e. The Kier molecular flexibility index (Phi) is 8.09. The first-order chi connectivity index (χ1) is 17.8. The van der Waals surface area contributed by atoms with Gasteiger partial charge in [-0.15, -0.1) is 6.42 Å². The molecule has 0 aromatic heterocycles. The Morgan fingerprint density at radius 1 is 1.11 bits per heavy atom. The highest BCUT2D eigenvalue weighted by molar-refractivity contribution is 6.31. The third-order valence-corrected chi connectivity index (χ3v) is 7.08. The van der Waals surface area contributed by atoms with Gasteiger partial charge in [0.2, 0.25) is 11.8 Å². The standard InChI is InChI=1S/C18H14Cl2N2O2.C11H12O2/c19-11-3-1-2-10(6-11)14-8-16(23)21-9-18(14)13-5-4-12(20)7-15(13)22-17(18)24;1-3-10-4-5-11(9(2)8-10)13-7-6-12/h1-7,14H,8-9H2,(H,21,23)(H,22,24);1,4-5,8,12H,6-7H2,2H3/t14-,18-;/m0./s1. The first-order valence-electron chi connectivity index (χ1n) is 11.7. The van der Waals surface area contributed by atoms with E-state index in [1.165, 1.54) is 0 Å². The lowest BCUT2D eigenvalue weighted by Crippen LogP contribution is -2.54. The van der Waals surface area contributed by atoms with Gasteiger partial charge in [0.25, 0.3) is 0 Å². The van der Waals surface area contributed by atoms with Crippen LogP contribution in [-0.2, 0) is 15.0 Å². The van der Waals surface area contributed by atoms with E-state index in [1.807, 2.05) is 49.4 Å². The van der Waals surface area contributed by atoms with Crippen molar-refractivity contribution in [2.24, 2.45) is 0 Å². The van der Waals surface area contributed by atoms with E-state index in [4.69, 9.17) is 39.5 Å². The Morgan fingerprint density at radius 3 is 2.59 bits per heavy atom. The molecule has 37 heavy (non-hydrogen) atoms. The van der Waals surface area contributed by atoms with Gasteiger partial charge in [-0.2, -0.15) is 0 Å². The van der Waals surface area contributed by atoms with Gasteiger partial charge < -0.3 is 20.5 Å². The van der Waals surface area contributed by atoms with Gasteiger partial charge in [0.15, 0.2) is 0 Å². The van der Waals surface area contributed by atoms with Crippen molar-refractivity contribution in [1.82, 2.24) is 5.32 Å². The number of aryl methyl sites for hydroxylation is 1. The van der Waals surface area contributed by atoms with Gasteiger partial charge in [-0.05, 0) is 66.1 Å². The summed E-state index contributed by atoms with van der Waals surface area (Å²) in [5, 5.41) is 15.5. The quantitative estimate of drug-likeness (QED) is 0.416. The summed E-state index contributed by atoms with van der Waals surface area (Å²) in [7, 11) is 0. The van der Waals surface area contributed by atoms with E-state index in [2.05, 4.69) is 16.6 Å². The van der Waals surface area contributed by atoms with Crippen molar-refractivity contribution >= 4 is 40.7 Å². The molecule has 2 heterocycles. The molecule has 5 rings (SSSR count). The number of aliphatic hydroxyl groups excluding tert-OH is 1. The second-order valence-corrected chi connectivity index (χ2v) is 9.77. The zero-order valence-corrected chi connectivity index (χ0v) is 21.7. The predicted octanol–water partition coefficient (Wildman–Crippen LogP) is 4.83. The number of carbonyl (C=O) groups is 2. The van der Waals surface area contributed by atoms with Crippen LogP contribution in [0.1, 0.15) is 34.6 Å². The summed E-state index contributed by atoms with van der Waals surface area (Å²) in [5.41, 5.74) is 3.43. The molecule has 0 aliphatic carbocycles. The molecule has 1 spiro atoms. The van der Waals surface area contributed by atoms with Gasteiger partial charge in [-0.25, -0.2) is 0 Å². The number of hydrogen-bond donors (Lipinski definition) is 3. The minimum Gasteiger partial charge on any atom is -0.491 e. The van der Waals surface area contributed by atoms with E-state index in [0.29, 0.717) is 22.3 Å². The molecule has 6 nitrogen and oxygen atoms in total. The first kappa shape index (κ1) is 26.6. The number of benzene rings is 3. The van der Waals surface area contributed by atoms with Crippen LogP contribution < -0.4 is 15.4 Å². The molecule has 2 aliphatic rings. The molecule has 0 saturated carbocycles. The van der Waals surface area contributed by atoms with Crippen LogP contribution in [0, 0.1) is 19.3 Å². The van der Waals surface area contributed by atoms with E-state index in [0.717, 1.165) is 28.0 Å². The summed E-state index contributed by atoms with van der Waals surface area (Å²) >= 11 is 12.2. The van der Waals surface area contributed by atoms with E-state index >= 15 is 0 Å². The summed E-state index contributed by atoms with van der Waals surface area (Å²) in [6, 6.07) is 18.3. The number of piperidine rings is 1. The van der Waals surface area contributed by atoms with Crippen molar-refractivity contribution in [3.05, 3.63) is 93.0 Å². The second kappa shape index (κ2) is 11.3. The molecule has 1 saturated heterocycles. The van der Waals surface area contributed by atoms with Crippen molar-refractivity contribution in [3.8, 4) is 18.1 Å². The van der Waals surface area contributed by atoms with Gasteiger partial charge in [0, 0.05) is 40.2 Å². The van der Waals surface area contributed by atoms with Crippen LogP contribution in [0.5, 0.6) is 5.75 Å². The third kappa shape index (κ3) is 5.45. The van der Waals surface area contributed by atoms with Gasteiger partial charge in [0.05, 0.1) is 6.61 Å². The lowest BCUT2D eigenvalue weighted by molar-refractivity contribution is -0.128. The Bertz CT molecular complexity index is 1380. The largest absolute Gasteiger partial charge is 0.491 e. The van der Waals surface area contributed by atoms with Crippen molar-refractivity contribution in [2.45, 2.75) is 24.7 Å². The lowest BCUT2D eigenvalue weighted by atomic mass is 9.65. The summed E-state index contributed by atoms with van der Waals surface area (Å²) in [6.45, 7) is 2.52. The Morgan fingerprint density at radius 2 is 1.89 bits per heavy atom. The Labute approximate surface area is 225 Å². The van der Waals surface area contributed by atoms with Crippen LogP contribution >= 0.6 is 23.2 Å². The molecule has 190 valence electrons. The minimum absolute atomic E-state index is 0.0241. The number of terminal acetylenes is 1. The number of anilines is 1. The molecule has 2 amide bonds. The number of ether oxygens (including phenoxy) is 1. The second-order valence-electron chi connectivity index (χ2n) is 8.90. The highest BCUT2D eigenvalue weighted by Gasteiger charge is 2.55. The number of carbonyl (C=O) groups excluding carboxylic acids is 2. The van der Waals surface area contributed by atoms with Crippen molar-refractivity contribution < 1.29 is 19.4 Å². The molecular weight excluding hydrogens is 511 g/mol. The van der Waals surface area contributed by atoms with Gasteiger partial charge in [-0.1, -0.05) is 47.3 Å². The van der Waals surface area contributed by atoms with Gasteiger partial charge >= 0.3 is 0 Å². The molecule has 1 fully saturated rings. The molecule has 2 atom stereocenters. The SMILES string of the molecule is C#Cc1ccc(OCCO)c(C)c1.O=C1C[C@@H](c2cccc(Cl)c2)[C@@]2(CN1)C(=O)Nc1cc(Cl)ccc12. The number of rotatable bonds is 4. The van der Waals surface area contributed by atoms with E-state index < -0.39 is 5.41 Å². The van der Waals surface area contributed by atoms with Gasteiger partial charge in [0.1, 0.15) is 17.8 Å². The normalized spacial score (nSPS) is 19.7.